The minimum Gasteiger partial charge on any atom is -0.481 e. The number of carbonyl (C=O) groups is 1. The van der Waals surface area contributed by atoms with Gasteiger partial charge in [-0.1, -0.05) is 35.5 Å². The van der Waals surface area contributed by atoms with Crippen molar-refractivity contribution in [1.29, 1.82) is 0 Å². The first-order valence-corrected chi connectivity index (χ1v) is 6.50. The van der Waals surface area contributed by atoms with Crippen molar-refractivity contribution in [2.45, 2.75) is 12.8 Å². The molecule has 0 spiro atoms. The second-order valence-electron chi connectivity index (χ2n) is 4.26. The largest absolute Gasteiger partial charge is 0.481 e. The summed E-state index contributed by atoms with van der Waals surface area (Å²) in [5.41, 5.74) is 2.24. The van der Waals surface area contributed by atoms with Crippen LogP contribution in [0.25, 0.3) is 0 Å². The van der Waals surface area contributed by atoms with Crippen molar-refractivity contribution in [2.75, 3.05) is 6.61 Å². The standard InChI is InChI=1S/C15H15N3O3/c19-14(20)7-4-8-21-18-15(12-5-2-1-3-6-12)13-9-16-11-17-10-13/h1-3,5-6,9-11H,4,7-8H2,(H,19,20)/b18-15+. The van der Waals surface area contributed by atoms with Crippen LogP contribution < -0.4 is 0 Å². The summed E-state index contributed by atoms with van der Waals surface area (Å²) < 4.78 is 0. The number of benzene rings is 1. The molecule has 6 nitrogen and oxygen atoms in total. The molecule has 0 saturated heterocycles. The topological polar surface area (TPSA) is 84.7 Å². The Labute approximate surface area is 122 Å². The van der Waals surface area contributed by atoms with E-state index < -0.39 is 5.97 Å². The fourth-order valence-electron chi connectivity index (χ4n) is 1.69. The molecule has 6 heteroatoms. The van der Waals surface area contributed by atoms with Crippen LogP contribution in [-0.2, 0) is 9.63 Å². The van der Waals surface area contributed by atoms with Crippen molar-refractivity contribution >= 4 is 11.7 Å². The fraction of sp³-hybridized carbons (Fsp3) is 0.200. The summed E-state index contributed by atoms with van der Waals surface area (Å²) in [4.78, 5) is 23.6. The van der Waals surface area contributed by atoms with Crippen LogP contribution in [0.1, 0.15) is 24.0 Å². The van der Waals surface area contributed by atoms with Crippen LogP contribution in [0.4, 0.5) is 0 Å². The summed E-state index contributed by atoms with van der Waals surface area (Å²) in [5, 5.41) is 12.7. The number of oxime groups is 1. The molecule has 2 rings (SSSR count). The first kappa shape index (κ1) is 14.6. The Morgan fingerprint density at radius 1 is 1.14 bits per heavy atom. The Balaban J connectivity index is 2.11. The van der Waals surface area contributed by atoms with Crippen molar-refractivity contribution < 1.29 is 14.7 Å². The van der Waals surface area contributed by atoms with E-state index in [0.717, 1.165) is 11.1 Å². The van der Waals surface area contributed by atoms with Gasteiger partial charge in [-0.25, -0.2) is 9.97 Å². The van der Waals surface area contributed by atoms with Crippen molar-refractivity contribution in [3.05, 3.63) is 60.2 Å². The minimum absolute atomic E-state index is 0.0602. The van der Waals surface area contributed by atoms with Gasteiger partial charge in [0.15, 0.2) is 0 Å². The quantitative estimate of drug-likeness (QED) is 0.478. The summed E-state index contributed by atoms with van der Waals surface area (Å²) in [7, 11) is 0. The highest BCUT2D eigenvalue weighted by molar-refractivity contribution is 6.12. The molecule has 0 radical (unpaired) electrons. The zero-order valence-electron chi connectivity index (χ0n) is 11.3. The van der Waals surface area contributed by atoms with Gasteiger partial charge >= 0.3 is 5.97 Å². The van der Waals surface area contributed by atoms with Crippen molar-refractivity contribution in [2.24, 2.45) is 5.16 Å². The molecule has 1 aromatic carbocycles. The molecule has 108 valence electrons. The third kappa shape index (κ3) is 4.68. The molecule has 0 aliphatic rings. The summed E-state index contributed by atoms with van der Waals surface area (Å²) in [6.07, 6.45) is 5.22. The summed E-state index contributed by atoms with van der Waals surface area (Å²) in [6, 6.07) is 9.54. The molecule has 1 N–H and O–H groups in total. The van der Waals surface area contributed by atoms with Crippen LogP contribution in [0.5, 0.6) is 0 Å². The molecular weight excluding hydrogens is 270 g/mol. The van der Waals surface area contributed by atoms with Crippen molar-refractivity contribution in [3.63, 3.8) is 0 Å². The van der Waals surface area contributed by atoms with Crippen molar-refractivity contribution in [3.8, 4) is 0 Å². The number of carboxylic acid groups (broad SMARTS) is 1. The van der Waals surface area contributed by atoms with Crippen molar-refractivity contribution in [1.82, 2.24) is 9.97 Å². The average Bonchev–Trinajstić information content (AvgIpc) is 2.52. The minimum atomic E-state index is -0.845. The highest BCUT2D eigenvalue weighted by Gasteiger charge is 2.08. The Bertz CT molecular complexity index is 559. The molecule has 0 aliphatic heterocycles. The first-order chi connectivity index (χ1) is 10.3. The van der Waals surface area contributed by atoms with Gasteiger partial charge in [0, 0.05) is 29.9 Å². The Morgan fingerprint density at radius 2 is 1.86 bits per heavy atom. The predicted molar refractivity (Wildman–Crippen MR) is 76.9 cm³/mol. The molecule has 0 bridgehead atoms. The number of hydrogen-bond donors (Lipinski definition) is 1. The molecule has 0 unspecified atom stereocenters. The third-order valence-corrected chi connectivity index (χ3v) is 2.66. The SMILES string of the molecule is O=C(O)CCCO/N=C(\c1ccccc1)c1cncnc1. The van der Waals surface area contributed by atoms with Crippen LogP contribution >= 0.6 is 0 Å². The lowest BCUT2D eigenvalue weighted by molar-refractivity contribution is -0.137. The van der Waals surface area contributed by atoms with E-state index in [1.807, 2.05) is 30.3 Å². The van der Waals surface area contributed by atoms with E-state index in [1.165, 1.54) is 6.33 Å². The van der Waals surface area contributed by atoms with Gasteiger partial charge in [-0.05, 0) is 6.42 Å². The number of nitrogens with zero attached hydrogens (tertiary/aromatic N) is 3. The monoisotopic (exact) mass is 285 g/mol. The molecule has 1 aromatic heterocycles. The third-order valence-electron chi connectivity index (χ3n) is 2.66. The second kappa shape index (κ2) is 7.74. The van der Waals surface area contributed by atoms with Gasteiger partial charge in [-0.2, -0.15) is 0 Å². The van der Waals surface area contributed by atoms with Gasteiger partial charge in [0.2, 0.25) is 0 Å². The number of rotatable bonds is 7. The summed E-state index contributed by atoms with van der Waals surface area (Å²) >= 11 is 0. The van der Waals surface area contributed by atoms with E-state index in [4.69, 9.17) is 9.94 Å². The van der Waals surface area contributed by atoms with Crippen LogP contribution in [0, 0.1) is 0 Å². The molecule has 0 atom stereocenters. The van der Waals surface area contributed by atoms with Gasteiger partial charge < -0.3 is 9.94 Å². The van der Waals surface area contributed by atoms with E-state index >= 15 is 0 Å². The van der Waals surface area contributed by atoms with Gasteiger partial charge in [-0.15, -0.1) is 0 Å². The van der Waals surface area contributed by atoms with E-state index in [1.54, 1.807) is 12.4 Å². The van der Waals surface area contributed by atoms with Gasteiger partial charge in [-0.3, -0.25) is 4.79 Å². The molecule has 0 amide bonds. The lowest BCUT2D eigenvalue weighted by Crippen LogP contribution is -2.06. The van der Waals surface area contributed by atoms with Crippen LogP contribution in [-0.4, -0.2) is 33.4 Å². The maximum Gasteiger partial charge on any atom is 0.303 e. The van der Waals surface area contributed by atoms with Gasteiger partial charge in [0.05, 0.1) is 0 Å². The van der Waals surface area contributed by atoms with E-state index in [0.29, 0.717) is 12.1 Å². The highest BCUT2D eigenvalue weighted by atomic mass is 16.6. The molecular formula is C15H15N3O3. The second-order valence-corrected chi connectivity index (χ2v) is 4.26. The van der Waals surface area contributed by atoms with E-state index in [2.05, 4.69) is 15.1 Å². The first-order valence-electron chi connectivity index (χ1n) is 6.50. The molecule has 2 aromatic rings. The summed E-state index contributed by atoms with van der Waals surface area (Å²) in [5.74, 6) is -0.845. The Morgan fingerprint density at radius 3 is 2.52 bits per heavy atom. The molecule has 0 fully saturated rings. The fourth-order valence-corrected chi connectivity index (χ4v) is 1.69. The predicted octanol–water partition coefficient (Wildman–Crippen LogP) is 2.11. The Kier molecular flexibility index (Phi) is 5.40. The zero-order valence-corrected chi connectivity index (χ0v) is 11.3. The molecule has 1 heterocycles. The lowest BCUT2D eigenvalue weighted by Gasteiger charge is -2.06. The van der Waals surface area contributed by atoms with E-state index in [9.17, 15) is 4.79 Å². The van der Waals surface area contributed by atoms with E-state index in [-0.39, 0.29) is 13.0 Å². The maximum atomic E-state index is 10.4. The highest BCUT2D eigenvalue weighted by Crippen LogP contribution is 2.09. The maximum absolute atomic E-state index is 10.4. The summed E-state index contributed by atoms with van der Waals surface area (Å²) in [6.45, 7) is 0.246. The smallest absolute Gasteiger partial charge is 0.303 e. The zero-order chi connectivity index (χ0) is 14.9. The lowest BCUT2D eigenvalue weighted by atomic mass is 10.1. The molecule has 0 aliphatic carbocycles. The van der Waals surface area contributed by atoms with Crippen LogP contribution in [0.2, 0.25) is 0 Å². The van der Waals surface area contributed by atoms with Gasteiger partial charge in [0.1, 0.15) is 18.6 Å². The molecule has 21 heavy (non-hydrogen) atoms. The number of aromatic nitrogens is 2. The van der Waals surface area contributed by atoms with Crippen LogP contribution in [0.3, 0.4) is 0 Å². The normalized spacial score (nSPS) is 11.1. The number of aliphatic carboxylic acids is 1. The average molecular weight is 285 g/mol. The van der Waals surface area contributed by atoms with Gasteiger partial charge in [0.25, 0.3) is 0 Å². The number of carboxylic acids is 1. The Hall–Kier alpha value is -2.76. The molecule has 0 saturated carbocycles. The number of hydrogen-bond acceptors (Lipinski definition) is 5. The van der Waals surface area contributed by atoms with Crippen LogP contribution in [0.15, 0.2) is 54.2 Å².